The zero-order chi connectivity index (χ0) is 10.3. The zero-order valence-electron chi connectivity index (χ0n) is 8.87. The van der Waals surface area contributed by atoms with E-state index in [0.29, 0.717) is 6.54 Å². The van der Waals surface area contributed by atoms with Gasteiger partial charge < -0.3 is 4.90 Å². The highest BCUT2D eigenvalue weighted by Gasteiger charge is 2.32. The summed E-state index contributed by atoms with van der Waals surface area (Å²) in [6.07, 6.45) is 0. The average molecular weight is 189 g/mol. The second kappa shape index (κ2) is 2.84. The molecule has 14 heavy (non-hydrogen) atoms. The van der Waals surface area contributed by atoms with Crippen LogP contribution < -0.4 is 4.90 Å². The fourth-order valence-electron chi connectivity index (χ4n) is 1.86. The molecule has 2 heteroatoms. The van der Waals surface area contributed by atoms with Gasteiger partial charge in [-0.2, -0.15) is 0 Å². The number of benzene rings is 1. The highest BCUT2D eigenvalue weighted by Crippen LogP contribution is 2.32. The van der Waals surface area contributed by atoms with Crippen molar-refractivity contribution in [2.24, 2.45) is 0 Å². The third-order valence-electron chi connectivity index (χ3n) is 2.61. The summed E-state index contributed by atoms with van der Waals surface area (Å²) in [5.74, 6) is 0.232. The van der Waals surface area contributed by atoms with Gasteiger partial charge in [0.1, 0.15) is 0 Å². The molecular weight excluding hydrogens is 174 g/mol. The van der Waals surface area contributed by atoms with E-state index in [1.54, 1.807) is 0 Å². The van der Waals surface area contributed by atoms with E-state index in [1.807, 2.05) is 24.3 Å². The SMILES string of the molecule is CC(C)(C)N1CC(=O)c2ccccc21. The number of carbonyl (C=O) groups is 1. The number of carbonyl (C=O) groups excluding carboxylic acids is 1. The van der Waals surface area contributed by atoms with Crippen LogP contribution in [0.15, 0.2) is 24.3 Å². The topological polar surface area (TPSA) is 20.3 Å². The van der Waals surface area contributed by atoms with Crippen molar-refractivity contribution in [3.63, 3.8) is 0 Å². The minimum absolute atomic E-state index is 0.0161. The van der Waals surface area contributed by atoms with Gasteiger partial charge in [-0.25, -0.2) is 0 Å². The van der Waals surface area contributed by atoms with Crippen molar-refractivity contribution in [1.82, 2.24) is 0 Å². The molecule has 0 aromatic heterocycles. The normalized spacial score (nSPS) is 15.9. The first-order valence-corrected chi connectivity index (χ1v) is 4.90. The van der Waals surface area contributed by atoms with Gasteiger partial charge in [0.05, 0.1) is 6.54 Å². The van der Waals surface area contributed by atoms with Crippen LogP contribution in [0.4, 0.5) is 5.69 Å². The summed E-state index contributed by atoms with van der Waals surface area (Å²) in [6.45, 7) is 6.90. The minimum atomic E-state index is 0.0161. The monoisotopic (exact) mass is 189 g/mol. The molecule has 0 fully saturated rings. The van der Waals surface area contributed by atoms with Gasteiger partial charge in [-0.05, 0) is 32.9 Å². The maximum Gasteiger partial charge on any atom is 0.184 e. The Morgan fingerprint density at radius 1 is 1.21 bits per heavy atom. The molecule has 1 aliphatic rings. The molecule has 0 aliphatic carbocycles. The molecule has 2 rings (SSSR count). The van der Waals surface area contributed by atoms with Crippen LogP contribution in [-0.2, 0) is 0 Å². The van der Waals surface area contributed by atoms with Crippen LogP contribution in [0.1, 0.15) is 31.1 Å². The van der Waals surface area contributed by atoms with Gasteiger partial charge in [-0.1, -0.05) is 12.1 Å². The lowest BCUT2D eigenvalue weighted by Crippen LogP contribution is -2.40. The van der Waals surface area contributed by atoms with Gasteiger partial charge in [-0.15, -0.1) is 0 Å². The molecule has 1 aromatic rings. The third kappa shape index (κ3) is 1.31. The molecule has 0 atom stereocenters. The fraction of sp³-hybridized carbons (Fsp3) is 0.417. The van der Waals surface area contributed by atoms with Crippen molar-refractivity contribution >= 4 is 11.5 Å². The predicted octanol–water partition coefficient (Wildman–Crippen LogP) is 2.49. The molecule has 0 saturated heterocycles. The highest BCUT2D eigenvalue weighted by molar-refractivity contribution is 6.08. The molecule has 2 nitrogen and oxygen atoms in total. The summed E-state index contributed by atoms with van der Waals surface area (Å²) in [7, 11) is 0. The van der Waals surface area contributed by atoms with Crippen LogP contribution in [0.2, 0.25) is 0 Å². The zero-order valence-corrected chi connectivity index (χ0v) is 8.87. The maximum atomic E-state index is 11.7. The summed E-state index contributed by atoms with van der Waals surface area (Å²) >= 11 is 0. The van der Waals surface area contributed by atoms with Crippen molar-refractivity contribution in [3.8, 4) is 0 Å². The van der Waals surface area contributed by atoms with Gasteiger partial charge >= 0.3 is 0 Å². The molecule has 0 spiro atoms. The van der Waals surface area contributed by atoms with Gasteiger partial charge in [0.2, 0.25) is 0 Å². The van der Waals surface area contributed by atoms with E-state index in [9.17, 15) is 4.79 Å². The summed E-state index contributed by atoms with van der Waals surface area (Å²) in [6, 6.07) is 7.83. The molecule has 0 N–H and O–H groups in total. The van der Waals surface area contributed by atoms with E-state index in [0.717, 1.165) is 11.3 Å². The number of hydrogen-bond donors (Lipinski definition) is 0. The molecule has 1 heterocycles. The van der Waals surface area contributed by atoms with Gasteiger partial charge in [-0.3, -0.25) is 4.79 Å². The second-order valence-electron chi connectivity index (χ2n) is 4.70. The molecule has 74 valence electrons. The first-order valence-electron chi connectivity index (χ1n) is 4.90. The number of ketones is 1. The van der Waals surface area contributed by atoms with E-state index in [4.69, 9.17) is 0 Å². The third-order valence-corrected chi connectivity index (χ3v) is 2.61. The Morgan fingerprint density at radius 3 is 2.50 bits per heavy atom. The van der Waals surface area contributed by atoms with Crippen molar-refractivity contribution in [3.05, 3.63) is 29.8 Å². The van der Waals surface area contributed by atoms with Crippen molar-refractivity contribution in [2.75, 3.05) is 11.4 Å². The first kappa shape index (κ1) is 9.25. The van der Waals surface area contributed by atoms with E-state index in [-0.39, 0.29) is 11.3 Å². The molecule has 0 saturated carbocycles. The van der Waals surface area contributed by atoms with E-state index >= 15 is 0 Å². The number of para-hydroxylation sites is 1. The van der Waals surface area contributed by atoms with E-state index < -0.39 is 0 Å². The average Bonchev–Trinajstić information content (AvgIpc) is 2.44. The van der Waals surface area contributed by atoms with Crippen LogP contribution in [0.3, 0.4) is 0 Å². The van der Waals surface area contributed by atoms with Gasteiger partial charge in [0, 0.05) is 16.8 Å². The number of fused-ring (bicyclic) bond motifs is 1. The Morgan fingerprint density at radius 2 is 1.86 bits per heavy atom. The summed E-state index contributed by atoms with van der Waals surface area (Å²) in [5.41, 5.74) is 1.95. The maximum absolute atomic E-state index is 11.7. The number of hydrogen-bond acceptors (Lipinski definition) is 2. The van der Waals surface area contributed by atoms with E-state index in [2.05, 4.69) is 25.7 Å². The molecular formula is C12H15NO. The molecule has 1 aliphatic heterocycles. The number of Topliss-reactive ketones (excluding diaryl/α,β-unsaturated/α-hetero) is 1. The smallest absolute Gasteiger partial charge is 0.184 e. The second-order valence-corrected chi connectivity index (χ2v) is 4.70. The van der Waals surface area contributed by atoms with Crippen LogP contribution in [0.5, 0.6) is 0 Å². The first-order chi connectivity index (χ1) is 6.50. The molecule has 1 aromatic carbocycles. The Kier molecular flexibility index (Phi) is 1.88. The van der Waals surface area contributed by atoms with Crippen molar-refractivity contribution in [2.45, 2.75) is 26.3 Å². The predicted molar refractivity (Wildman–Crippen MR) is 57.9 cm³/mol. The van der Waals surface area contributed by atoms with Crippen LogP contribution in [0, 0.1) is 0 Å². The summed E-state index contributed by atoms with van der Waals surface area (Å²) in [4.78, 5) is 13.8. The van der Waals surface area contributed by atoms with Gasteiger partial charge in [0.25, 0.3) is 0 Å². The van der Waals surface area contributed by atoms with Crippen LogP contribution in [0.25, 0.3) is 0 Å². The quantitative estimate of drug-likeness (QED) is 0.625. The Hall–Kier alpha value is -1.31. The Balaban J connectivity index is 2.50. The Labute approximate surface area is 84.5 Å². The van der Waals surface area contributed by atoms with E-state index in [1.165, 1.54) is 0 Å². The Bertz CT molecular complexity index is 376. The van der Waals surface area contributed by atoms with Crippen molar-refractivity contribution in [1.29, 1.82) is 0 Å². The number of anilines is 1. The lowest BCUT2D eigenvalue weighted by molar-refractivity contribution is 0.101. The molecule has 0 bridgehead atoms. The molecule has 0 amide bonds. The van der Waals surface area contributed by atoms with Crippen LogP contribution in [-0.4, -0.2) is 17.9 Å². The standard InChI is InChI=1S/C12H15NO/c1-12(2,3)13-8-11(14)9-6-4-5-7-10(9)13/h4-7H,8H2,1-3H3. The minimum Gasteiger partial charge on any atom is -0.358 e. The van der Waals surface area contributed by atoms with Gasteiger partial charge in [0.15, 0.2) is 5.78 Å². The summed E-state index contributed by atoms with van der Waals surface area (Å²) in [5, 5.41) is 0. The highest BCUT2D eigenvalue weighted by atomic mass is 16.1. The lowest BCUT2D eigenvalue weighted by Gasteiger charge is -2.33. The number of rotatable bonds is 0. The summed E-state index contributed by atoms with van der Waals surface area (Å²) < 4.78 is 0. The number of nitrogens with zero attached hydrogens (tertiary/aromatic N) is 1. The molecule has 0 radical (unpaired) electrons. The fourth-order valence-corrected chi connectivity index (χ4v) is 1.86. The molecule has 0 unspecified atom stereocenters. The largest absolute Gasteiger partial charge is 0.358 e. The van der Waals surface area contributed by atoms with Crippen molar-refractivity contribution < 1.29 is 4.79 Å². The lowest BCUT2D eigenvalue weighted by atomic mass is 10.1. The van der Waals surface area contributed by atoms with Crippen LogP contribution >= 0.6 is 0 Å².